The van der Waals surface area contributed by atoms with Crippen molar-refractivity contribution in [3.63, 3.8) is 0 Å². The Morgan fingerprint density at radius 2 is 2.06 bits per heavy atom. The van der Waals surface area contributed by atoms with Crippen LogP contribution in [0.5, 0.6) is 0 Å². The lowest BCUT2D eigenvalue weighted by atomic mass is 9.81. The summed E-state index contributed by atoms with van der Waals surface area (Å²) in [5, 5.41) is 4.04. The number of hydrogen-bond donors (Lipinski definition) is 1. The molecular weight excluding hydrogens is 240 g/mol. The van der Waals surface area contributed by atoms with E-state index in [2.05, 4.69) is 35.8 Å². The summed E-state index contributed by atoms with van der Waals surface area (Å²) in [4.78, 5) is 2.74. The van der Waals surface area contributed by atoms with Crippen LogP contribution in [0, 0.1) is 5.41 Å². The van der Waals surface area contributed by atoms with Crippen LogP contribution >= 0.6 is 11.8 Å². The number of nitrogens with one attached hydrogen (secondary N) is 1. The Morgan fingerprint density at radius 3 is 2.89 bits per heavy atom. The maximum atomic E-state index is 4.04. The number of hydrogen-bond acceptors (Lipinski definition) is 3. The third-order valence-corrected chi connectivity index (χ3v) is 6.45. The van der Waals surface area contributed by atoms with E-state index in [0.29, 0.717) is 5.41 Å². The van der Waals surface area contributed by atoms with Crippen LogP contribution in [0.15, 0.2) is 0 Å². The van der Waals surface area contributed by atoms with Crippen molar-refractivity contribution in [2.45, 2.75) is 64.1 Å². The lowest BCUT2D eigenvalue weighted by Crippen LogP contribution is -2.54. The van der Waals surface area contributed by atoms with E-state index in [0.717, 1.165) is 18.1 Å². The van der Waals surface area contributed by atoms with Gasteiger partial charge in [-0.2, -0.15) is 11.8 Å². The molecule has 18 heavy (non-hydrogen) atoms. The zero-order valence-corrected chi connectivity index (χ0v) is 12.8. The zero-order chi connectivity index (χ0) is 12.6. The van der Waals surface area contributed by atoms with E-state index in [1.165, 1.54) is 56.7 Å². The van der Waals surface area contributed by atoms with Crippen LogP contribution < -0.4 is 5.32 Å². The fourth-order valence-electron chi connectivity index (χ4n) is 3.91. The minimum Gasteiger partial charge on any atom is -0.308 e. The third-order valence-electron chi connectivity index (χ3n) is 5.39. The molecule has 0 aliphatic carbocycles. The fourth-order valence-corrected chi connectivity index (χ4v) is 5.53. The first kappa shape index (κ1) is 13.3. The Morgan fingerprint density at radius 1 is 1.17 bits per heavy atom. The van der Waals surface area contributed by atoms with Gasteiger partial charge in [0.05, 0.1) is 0 Å². The van der Waals surface area contributed by atoms with Crippen LogP contribution in [0.2, 0.25) is 0 Å². The van der Waals surface area contributed by atoms with Gasteiger partial charge in [0.1, 0.15) is 0 Å². The van der Waals surface area contributed by atoms with Crippen LogP contribution in [-0.4, -0.2) is 47.6 Å². The third kappa shape index (κ3) is 2.59. The van der Waals surface area contributed by atoms with E-state index >= 15 is 0 Å². The molecule has 3 aliphatic heterocycles. The lowest BCUT2D eigenvalue weighted by Gasteiger charge is -2.42. The first-order chi connectivity index (χ1) is 8.67. The predicted molar refractivity (Wildman–Crippen MR) is 80.3 cm³/mol. The highest BCUT2D eigenvalue weighted by Gasteiger charge is 2.40. The molecule has 0 aromatic rings. The number of fused-ring (bicyclic) bond motifs is 1. The molecule has 2 nitrogen and oxygen atoms in total. The Hall–Kier alpha value is 0.270. The van der Waals surface area contributed by atoms with Crippen molar-refractivity contribution in [2.24, 2.45) is 5.41 Å². The highest BCUT2D eigenvalue weighted by Crippen LogP contribution is 2.36. The first-order valence-corrected chi connectivity index (χ1v) is 8.90. The molecule has 3 heteroatoms. The fraction of sp³-hybridized carbons (Fsp3) is 1.00. The van der Waals surface area contributed by atoms with Crippen molar-refractivity contribution in [2.75, 3.05) is 24.6 Å². The van der Waals surface area contributed by atoms with Gasteiger partial charge >= 0.3 is 0 Å². The molecule has 3 heterocycles. The van der Waals surface area contributed by atoms with Gasteiger partial charge in [0.2, 0.25) is 0 Å². The molecule has 0 radical (unpaired) electrons. The second kappa shape index (κ2) is 5.34. The van der Waals surface area contributed by atoms with Gasteiger partial charge in [0, 0.05) is 30.4 Å². The molecule has 3 unspecified atom stereocenters. The summed E-state index contributed by atoms with van der Waals surface area (Å²) in [6.07, 6.45) is 7.05. The normalized spacial score (nSPS) is 40.7. The number of piperidine rings is 1. The Kier molecular flexibility index (Phi) is 3.93. The Bertz CT molecular complexity index is 292. The SMILES string of the molecule is CC1(C)CCSCC1NC1CCN2CCCCC12. The van der Waals surface area contributed by atoms with Gasteiger partial charge in [-0.15, -0.1) is 0 Å². The quantitative estimate of drug-likeness (QED) is 0.829. The predicted octanol–water partition coefficient (Wildman–Crippen LogP) is 2.73. The van der Waals surface area contributed by atoms with E-state index in [1.54, 1.807) is 0 Å². The minimum atomic E-state index is 0.493. The maximum Gasteiger partial charge on any atom is 0.0249 e. The summed E-state index contributed by atoms with van der Waals surface area (Å²) < 4.78 is 0. The van der Waals surface area contributed by atoms with Gasteiger partial charge in [-0.1, -0.05) is 20.3 Å². The van der Waals surface area contributed by atoms with Crippen LogP contribution in [0.1, 0.15) is 46.0 Å². The van der Waals surface area contributed by atoms with Crippen molar-refractivity contribution < 1.29 is 0 Å². The molecule has 1 N–H and O–H groups in total. The average molecular weight is 268 g/mol. The average Bonchev–Trinajstić information content (AvgIpc) is 2.75. The minimum absolute atomic E-state index is 0.493. The van der Waals surface area contributed by atoms with Crippen LogP contribution in [-0.2, 0) is 0 Å². The summed E-state index contributed by atoms with van der Waals surface area (Å²) in [5.41, 5.74) is 0.493. The standard InChI is InChI=1S/C15H28N2S/c1-15(2)7-10-18-11-14(15)16-12-6-9-17-8-4-3-5-13(12)17/h12-14,16H,3-11H2,1-2H3. The summed E-state index contributed by atoms with van der Waals surface area (Å²) in [7, 11) is 0. The largest absolute Gasteiger partial charge is 0.308 e. The second-order valence-electron chi connectivity index (χ2n) is 7.03. The lowest BCUT2D eigenvalue weighted by molar-refractivity contribution is 0.159. The van der Waals surface area contributed by atoms with E-state index in [9.17, 15) is 0 Å². The molecule has 3 saturated heterocycles. The summed E-state index contributed by atoms with van der Waals surface area (Å²) in [6.45, 7) is 7.60. The zero-order valence-electron chi connectivity index (χ0n) is 12.0. The van der Waals surface area contributed by atoms with Crippen LogP contribution in [0.25, 0.3) is 0 Å². The van der Waals surface area contributed by atoms with Gasteiger partial charge in [-0.05, 0) is 43.4 Å². The number of rotatable bonds is 2. The Labute approximate surface area is 116 Å². The molecule has 3 fully saturated rings. The molecule has 0 aromatic carbocycles. The molecular formula is C15H28N2S. The van der Waals surface area contributed by atoms with E-state index in [4.69, 9.17) is 0 Å². The van der Waals surface area contributed by atoms with E-state index in [1.807, 2.05) is 0 Å². The summed E-state index contributed by atoms with van der Waals surface area (Å²) in [5.74, 6) is 2.67. The molecule has 0 bridgehead atoms. The first-order valence-electron chi connectivity index (χ1n) is 7.75. The number of thioether (sulfide) groups is 1. The van der Waals surface area contributed by atoms with Crippen molar-refractivity contribution in [3.8, 4) is 0 Å². The summed E-state index contributed by atoms with van der Waals surface area (Å²) >= 11 is 2.14. The van der Waals surface area contributed by atoms with Gasteiger partial charge in [0.15, 0.2) is 0 Å². The maximum absolute atomic E-state index is 4.04. The van der Waals surface area contributed by atoms with Gasteiger partial charge in [0.25, 0.3) is 0 Å². The number of nitrogens with zero attached hydrogens (tertiary/aromatic N) is 1. The van der Waals surface area contributed by atoms with Gasteiger partial charge in [-0.3, -0.25) is 4.90 Å². The van der Waals surface area contributed by atoms with Gasteiger partial charge < -0.3 is 5.32 Å². The molecule has 104 valence electrons. The van der Waals surface area contributed by atoms with Crippen LogP contribution in [0.4, 0.5) is 0 Å². The van der Waals surface area contributed by atoms with Gasteiger partial charge in [-0.25, -0.2) is 0 Å². The smallest absolute Gasteiger partial charge is 0.0249 e. The molecule has 0 saturated carbocycles. The van der Waals surface area contributed by atoms with Crippen molar-refractivity contribution >= 4 is 11.8 Å². The van der Waals surface area contributed by atoms with Crippen molar-refractivity contribution in [3.05, 3.63) is 0 Å². The highest BCUT2D eigenvalue weighted by molar-refractivity contribution is 7.99. The topological polar surface area (TPSA) is 15.3 Å². The molecule has 3 aliphatic rings. The molecule has 3 atom stereocenters. The second-order valence-corrected chi connectivity index (χ2v) is 8.18. The van der Waals surface area contributed by atoms with Crippen LogP contribution in [0.3, 0.4) is 0 Å². The monoisotopic (exact) mass is 268 g/mol. The highest BCUT2D eigenvalue weighted by atomic mass is 32.2. The molecule has 0 aromatic heterocycles. The summed E-state index contributed by atoms with van der Waals surface area (Å²) in [6, 6.07) is 2.35. The van der Waals surface area contributed by atoms with Crippen molar-refractivity contribution in [1.82, 2.24) is 10.2 Å². The Balaban J connectivity index is 1.62. The molecule has 3 rings (SSSR count). The molecule has 0 amide bonds. The van der Waals surface area contributed by atoms with Crippen molar-refractivity contribution in [1.29, 1.82) is 0 Å². The van der Waals surface area contributed by atoms with E-state index in [-0.39, 0.29) is 0 Å². The molecule has 0 spiro atoms. The van der Waals surface area contributed by atoms with E-state index < -0.39 is 0 Å².